The van der Waals surface area contributed by atoms with E-state index in [4.69, 9.17) is 0 Å². The number of hydrogen-bond acceptors (Lipinski definition) is 4. The zero-order chi connectivity index (χ0) is 15.7. The Labute approximate surface area is 133 Å². The second kappa shape index (κ2) is 5.88. The van der Waals surface area contributed by atoms with Crippen LogP contribution in [0.2, 0.25) is 0 Å². The molecule has 0 aliphatic heterocycles. The van der Waals surface area contributed by atoms with Crippen LogP contribution in [0.1, 0.15) is 34.8 Å². The quantitative estimate of drug-likeness (QED) is 0.805. The number of pyridine rings is 1. The highest BCUT2D eigenvalue weighted by atomic mass is 32.1. The fourth-order valence-electron chi connectivity index (χ4n) is 2.37. The van der Waals surface area contributed by atoms with Gasteiger partial charge in [-0.15, -0.1) is 11.3 Å². The fraction of sp³-hybridized carbons (Fsp3) is 0.312. The minimum atomic E-state index is -0.0822. The molecule has 0 atom stereocenters. The van der Waals surface area contributed by atoms with Crippen LogP contribution in [0.25, 0.3) is 11.0 Å². The molecule has 0 unspecified atom stereocenters. The predicted octanol–water partition coefficient (Wildman–Crippen LogP) is 2.99. The zero-order valence-electron chi connectivity index (χ0n) is 12.8. The molecule has 0 saturated carbocycles. The summed E-state index contributed by atoms with van der Waals surface area (Å²) in [5.74, 6) is -0.0822. The maximum Gasteiger partial charge on any atom is 0.252 e. The summed E-state index contributed by atoms with van der Waals surface area (Å²) < 4.78 is 1.85. The Balaban J connectivity index is 2.04. The van der Waals surface area contributed by atoms with Gasteiger partial charge in [0, 0.05) is 16.6 Å². The Bertz CT molecular complexity index is 805. The van der Waals surface area contributed by atoms with Gasteiger partial charge in [-0.05, 0) is 38.3 Å². The molecule has 0 aliphatic carbocycles. The average molecular weight is 314 g/mol. The van der Waals surface area contributed by atoms with Gasteiger partial charge in [-0.1, -0.05) is 6.07 Å². The zero-order valence-corrected chi connectivity index (χ0v) is 13.6. The number of fused-ring (bicyclic) bond motifs is 1. The van der Waals surface area contributed by atoms with Crippen molar-refractivity contribution < 1.29 is 4.79 Å². The van der Waals surface area contributed by atoms with Crippen LogP contribution in [0.3, 0.4) is 0 Å². The van der Waals surface area contributed by atoms with Crippen LogP contribution in [0.4, 0.5) is 0 Å². The summed E-state index contributed by atoms with van der Waals surface area (Å²) in [5.41, 5.74) is 2.20. The highest BCUT2D eigenvalue weighted by Crippen LogP contribution is 2.20. The van der Waals surface area contributed by atoms with E-state index in [-0.39, 0.29) is 11.9 Å². The summed E-state index contributed by atoms with van der Waals surface area (Å²) in [4.78, 5) is 18.1. The molecule has 3 aromatic heterocycles. The Morgan fingerprint density at radius 1 is 1.45 bits per heavy atom. The molecule has 6 heteroatoms. The maximum atomic E-state index is 12.4. The molecule has 114 valence electrons. The molecule has 0 radical (unpaired) electrons. The van der Waals surface area contributed by atoms with Gasteiger partial charge in [0.1, 0.15) is 0 Å². The number of amides is 1. The smallest absolute Gasteiger partial charge is 0.252 e. The van der Waals surface area contributed by atoms with Gasteiger partial charge >= 0.3 is 0 Å². The van der Waals surface area contributed by atoms with Crippen molar-refractivity contribution in [1.82, 2.24) is 20.1 Å². The molecule has 3 rings (SSSR count). The largest absolute Gasteiger partial charge is 0.350 e. The third-order valence-corrected chi connectivity index (χ3v) is 4.15. The Kier molecular flexibility index (Phi) is 3.94. The topological polar surface area (TPSA) is 59.8 Å². The highest BCUT2D eigenvalue weighted by Gasteiger charge is 2.16. The second-order valence-corrected chi connectivity index (χ2v) is 6.59. The number of nitrogens with zero attached hydrogens (tertiary/aromatic N) is 3. The summed E-state index contributed by atoms with van der Waals surface area (Å²) in [6, 6.07) is 6.00. The van der Waals surface area contributed by atoms with Crippen molar-refractivity contribution in [2.24, 2.45) is 0 Å². The molecule has 0 fully saturated rings. The van der Waals surface area contributed by atoms with Crippen molar-refractivity contribution in [2.75, 3.05) is 0 Å². The molecule has 5 nitrogen and oxygen atoms in total. The molecular formula is C16H18N4OS. The number of thiophene rings is 1. The van der Waals surface area contributed by atoms with Gasteiger partial charge in [-0.2, -0.15) is 5.10 Å². The standard InChI is InChI=1S/C16H18N4OS/c1-10(2)18-16(21)13-7-11(3)19-15-14(13)8-17-20(15)9-12-5-4-6-22-12/h4-8,10H,9H2,1-3H3,(H,18,21). The first-order chi connectivity index (χ1) is 10.5. The van der Waals surface area contributed by atoms with E-state index in [2.05, 4.69) is 21.5 Å². The molecule has 0 spiro atoms. The number of hydrogen-bond donors (Lipinski definition) is 1. The van der Waals surface area contributed by atoms with Crippen molar-refractivity contribution in [3.63, 3.8) is 0 Å². The van der Waals surface area contributed by atoms with E-state index in [1.807, 2.05) is 43.0 Å². The van der Waals surface area contributed by atoms with Gasteiger partial charge in [-0.25, -0.2) is 9.67 Å². The lowest BCUT2D eigenvalue weighted by Gasteiger charge is -2.10. The number of carbonyl (C=O) groups is 1. The monoisotopic (exact) mass is 314 g/mol. The first kappa shape index (κ1) is 14.7. The Morgan fingerprint density at radius 3 is 2.95 bits per heavy atom. The van der Waals surface area contributed by atoms with E-state index < -0.39 is 0 Å². The van der Waals surface area contributed by atoms with Crippen molar-refractivity contribution in [3.05, 3.63) is 45.9 Å². The van der Waals surface area contributed by atoms with Gasteiger partial charge in [0.2, 0.25) is 0 Å². The van der Waals surface area contributed by atoms with Crippen molar-refractivity contribution in [1.29, 1.82) is 0 Å². The van der Waals surface area contributed by atoms with Crippen molar-refractivity contribution in [2.45, 2.75) is 33.4 Å². The summed E-state index contributed by atoms with van der Waals surface area (Å²) >= 11 is 1.68. The predicted molar refractivity (Wildman–Crippen MR) is 88.3 cm³/mol. The molecular weight excluding hydrogens is 296 g/mol. The number of aromatic nitrogens is 3. The number of rotatable bonds is 4. The van der Waals surface area contributed by atoms with Gasteiger partial charge in [0.15, 0.2) is 5.65 Å². The lowest BCUT2D eigenvalue weighted by atomic mass is 10.1. The number of carbonyl (C=O) groups excluding carboxylic acids is 1. The van der Waals surface area contributed by atoms with Gasteiger partial charge < -0.3 is 5.32 Å². The molecule has 3 heterocycles. The lowest BCUT2D eigenvalue weighted by molar-refractivity contribution is 0.0944. The molecule has 0 aliphatic rings. The Hall–Kier alpha value is -2.21. The fourth-order valence-corrected chi connectivity index (χ4v) is 3.05. The van der Waals surface area contributed by atoms with E-state index in [0.717, 1.165) is 16.7 Å². The Morgan fingerprint density at radius 2 is 2.27 bits per heavy atom. The third-order valence-electron chi connectivity index (χ3n) is 3.29. The normalized spacial score (nSPS) is 11.3. The lowest BCUT2D eigenvalue weighted by Crippen LogP contribution is -2.30. The van der Waals surface area contributed by atoms with Crippen LogP contribution in [0.5, 0.6) is 0 Å². The van der Waals surface area contributed by atoms with Crippen LogP contribution in [0, 0.1) is 6.92 Å². The third kappa shape index (κ3) is 2.87. The van der Waals surface area contributed by atoms with Crippen LogP contribution in [-0.4, -0.2) is 26.7 Å². The summed E-state index contributed by atoms with van der Waals surface area (Å²) in [7, 11) is 0. The minimum absolute atomic E-state index is 0.0822. The molecule has 0 saturated heterocycles. The van der Waals surface area contributed by atoms with E-state index in [9.17, 15) is 4.79 Å². The van der Waals surface area contributed by atoms with Gasteiger partial charge in [0.05, 0.1) is 23.7 Å². The maximum absolute atomic E-state index is 12.4. The first-order valence-electron chi connectivity index (χ1n) is 7.21. The molecule has 0 aromatic carbocycles. The molecule has 0 bridgehead atoms. The van der Waals surface area contributed by atoms with Gasteiger partial charge in [-0.3, -0.25) is 4.79 Å². The minimum Gasteiger partial charge on any atom is -0.350 e. The number of aryl methyl sites for hydroxylation is 1. The van der Waals surface area contributed by atoms with E-state index in [1.54, 1.807) is 17.5 Å². The molecule has 3 aromatic rings. The summed E-state index contributed by atoms with van der Waals surface area (Å²) in [6.45, 7) is 6.46. The first-order valence-corrected chi connectivity index (χ1v) is 8.09. The van der Waals surface area contributed by atoms with Crippen molar-refractivity contribution in [3.8, 4) is 0 Å². The van der Waals surface area contributed by atoms with E-state index >= 15 is 0 Å². The molecule has 1 N–H and O–H groups in total. The highest BCUT2D eigenvalue weighted by molar-refractivity contribution is 7.09. The average Bonchev–Trinajstić information content (AvgIpc) is 3.08. The van der Waals surface area contributed by atoms with E-state index in [1.165, 1.54) is 4.88 Å². The van der Waals surface area contributed by atoms with Crippen LogP contribution < -0.4 is 5.32 Å². The SMILES string of the molecule is Cc1cc(C(=O)NC(C)C)c2cnn(Cc3cccs3)c2n1. The summed E-state index contributed by atoms with van der Waals surface area (Å²) in [6.07, 6.45) is 1.73. The molecule has 22 heavy (non-hydrogen) atoms. The van der Waals surface area contributed by atoms with E-state index in [0.29, 0.717) is 12.1 Å². The van der Waals surface area contributed by atoms with Gasteiger partial charge in [0.25, 0.3) is 5.91 Å². The van der Waals surface area contributed by atoms with Crippen LogP contribution >= 0.6 is 11.3 Å². The second-order valence-electron chi connectivity index (χ2n) is 5.56. The molecule has 1 amide bonds. The van der Waals surface area contributed by atoms with Crippen LogP contribution in [-0.2, 0) is 6.54 Å². The van der Waals surface area contributed by atoms with Crippen LogP contribution in [0.15, 0.2) is 29.8 Å². The van der Waals surface area contributed by atoms with Crippen molar-refractivity contribution >= 4 is 28.3 Å². The summed E-state index contributed by atoms with van der Waals surface area (Å²) in [5, 5.41) is 10.2. The number of nitrogens with one attached hydrogen (secondary N) is 1.